The average Bonchev–Trinajstić information content (AvgIpc) is 1.83. The normalized spacial score (nSPS) is 34.7. The van der Waals surface area contributed by atoms with Crippen LogP contribution in [0.1, 0.15) is 40.0 Å². The Morgan fingerprint density at radius 3 is 2.50 bits per heavy atom. The Morgan fingerprint density at radius 1 is 1.50 bits per heavy atom. The summed E-state index contributed by atoms with van der Waals surface area (Å²) in [7, 11) is 0. The van der Waals surface area contributed by atoms with E-state index in [1.165, 1.54) is 6.42 Å². The minimum atomic E-state index is -0.161. The van der Waals surface area contributed by atoms with Crippen molar-refractivity contribution in [2.75, 3.05) is 0 Å². The van der Waals surface area contributed by atoms with Crippen molar-refractivity contribution in [1.82, 2.24) is 0 Å². The molecule has 1 fully saturated rings. The van der Waals surface area contributed by atoms with Gasteiger partial charge in [-0.1, -0.05) is 26.0 Å². The molecule has 1 saturated carbocycles. The quantitative estimate of drug-likeness (QED) is 0.597. The van der Waals surface area contributed by atoms with E-state index in [2.05, 4.69) is 20.4 Å². The predicted octanol–water partition coefficient (Wildman–Crippen LogP) is 2.75. The molecule has 1 N–H and O–H groups in total. The molecule has 0 spiro atoms. The summed E-state index contributed by atoms with van der Waals surface area (Å²) in [4.78, 5) is 0. The van der Waals surface area contributed by atoms with Crippen molar-refractivity contribution in [3.8, 4) is 0 Å². The summed E-state index contributed by atoms with van der Waals surface area (Å²) in [6.07, 6.45) is 3.07. The van der Waals surface area contributed by atoms with Gasteiger partial charge in [0.2, 0.25) is 0 Å². The van der Waals surface area contributed by atoms with Gasteiger partial charge in [0.05, 0.1) is 6.10 Å². The number of rotatable bonds is 1. The van der Waals surface area contributed by atoms with E-state index >= 15 is 0 Å². The summed E-state index contributed by atoms with van der Waals surface area (Å²) in [5.74, 6) is 0.345. The van der Waals surface area contributed by atoms with Crippen LogP contribution in [0.2, 0.25) is 0 Å². The molecule has 1 heteroatoms. The van der Waals surface area contributed by atoms with Crippen LogP contribution in [0.3, 0.4) is 0 Å². The van der Waals surface area contributed by atoms with Gasteiger partial charge >= 0.3 is 0 Å². The maximum absolute atomic E-state index is 9.81. The number of aliphatic hydroxyl groups is 1. The lowest BCUT2D eigenvalue weighted by atomic mass is 9.70. The molecule has 1 aliphatic rings. The zero-order chi connectivity index (χ0) is 9.35. The number of aliphatic hydroxyl groups excluding tert-OH is 1. The molecule has 0 aromatic rings. The van der Waals surface area contributed by atoms with Gasteiger partial charge in [-0.3, -0.25) is 0 Å². The third-order valence-corrected chi connectivity index (χ3v) is 2.99. The maximum atomic E-state index is 9.81. The fourth-order valence-corrected chi connectivity index (χ4v) is 2.12. The topological polar surface area (TPSA) is 20.2 Å². The second kappa shape index (κ2) is 3.21. The summed E-state index contributed by atoms with van der Waals surface area (Å²) >= 11 is 0. The fraction of sp³-hybridized carbons (Fsp3) is 0.818. The largest absolute Gasteiger partial charge is 0.392 e. The standard InChI is InChI=1S/C11H20O/c1-8(2)9-5-6-11(3,4)7-10(9)12/h9-10,12H,1,5-7H2,2-4H3. The van der Waals surface area contributed by atoms with E-state index in [4.69, 9.17) is 0 Å². The van der Waals surface area contributed by atoms with Crippen LogP contribution in [0, 0.1) is 11.3 Å². The summed E-state index contributed by atoms with van der Waals surface area (Å²) in [6.45, 7) is 10.4. The van der Waals surface area contributed by atoms with Gasteiger partial charge in [0.15, 0.2) is 0 Å². The zero-order valence-electron chi connectivity index (χ0n) is 8.43. The first kappa shape index (κ1) is 9.79. The third kappa shape index (κ3) is 2.10. The highest BCUT2D eigenvalue weighted by Gasteiger charge is 2.33. The molecular formula is C11H20O. The summed E-state index contributed by atoms with van der Waals surface area (Å²) in [5.41, 5.74) is 1.46. The van der Waals surface area contributed by atoms with Crippen LogP contribution in [-0.2, 0) is 0 Å². The first-order valence-corrected chi connectivity index (χ1v) is 4.76. The molecule has 1 nitrogen and oxygen atoms in total. The molecule has 2 atom stereocenters. The summed E-state index contributed by atoms with van der Waals surface area (Å²) < 4.78 is 0. The van der Waals surface area contributed by atoms with Crippen molar-refractivity contribution in [2.45, 2.75) is 46.1 Å². The third-order valence-electron chi connectivity index (χ3n) is 2.99. The van der Waals surface area contributed by atoms with Crippen molar-refractivity contribution in [2.24, 2.45) is 11.3 Å². The van der Waals surface area contributed by atoms with Gasteiger partial charge in [0, 0.05) is 5.92 Å². The van der Waals surface area contributed by atoms with Crippen molar-refractivity contribution in [3.63, 3.8) is 0 Å². The highest BCUT2D eigenvalue weighted by atomic mass is 16.3. The van der Waals surface area contributed by atoms with Gasteiger partial charge in [0.1, 0.15) is 0 Å². The van der Waals surface area contributed by atoms with E-state index in [0.717, 1.165) is 18.4 Å². The minimum Gasteiger partial charge on any atom is -0.392 e. The average molecular weight is 168 g/mol. The Balaban J connectivity index is 2.60. The predicted molar refractivity (Wildman–Crippen MR) is 51.9 cm³/mol. The van der Waals surface area contributed by atoms with E-state index in [1.54, 1.807) is 0 Å². The van der Waals surface area contributed by atoms with Gasteiger partial charge in [-0.2, -0.15) is 0 Å². The SMILES string of the molecule is C=C(C)C1CCC(C)(C)CC1O. The van der Waals surface area contributed by atoms with Crippen LogP contribution in [0.25, 0.3) is 0 Å². The molecule has 0 aromatic carbocycles. The minimum absolute atomic E-state index is 0.161. The molecule has 12 heavy (non-hydrogen) atoms. The molecule has 0 saturated heterocycles. The maximum Gasteiger partial charge on any atom is 0.0610 e. The smallest absolute Gasteiger partial charge is 0.0610 e. The van der Waals surface area contributed by atoms with Crippen LogP contribution in [0.4, 0.5) is 0 Å². The van der Waals surface area contributed by atoms with E-state index < -0.39 is 0 Å². The monoisotopic (exact) mass is 168 g/mol. The lowest BCUT2D eigenvalue weighted by molar-refractivity contribution is 0.0303. The Labute approximate surface area is 75.5 Å². The van der Waals surface area contributed by atoms with E-state index in [9.17, 15) is 5.11 Å². The van der Waals surface area contributed by atoms with Crippen LogP contribution in [-0.4, -0.2) is 11.2 Å². The van der Waals surface area contributed by atoms with Gasteiger partial charge in [-0.15, -0.1) is 0 Å². The molecule has 0 radical (unpaired) electrons. The molecule has 70 valence electrons. The van der Waals surface area contributed by atoms with Crippen molar-refractivity contribution in [3.05, 3.63) is 12.2 Å². The summed E-state index contributed by atoms with van der Waals surface area (Å²) in [6, 6.07) is 0. The molecule has 0 aliphatic heterocycles. The van der Waals surface area contributed by atoms with Gasteiger partial charge in [-0.25, -0.2) is 0 Å². The van der Waals surface area contributed by atoms with Gasteiger partial charge < -0.3 is 5.11 Å². The van der Waals surface area contributed by atoms with Crippen molar-refractivity contribution in [1.29, 1.82) is 0 Å². The zero-order valence-corrected chi connectivity index (χ0v) is 8.43. The second-order valence-corrected chi connectivity index (χ2v) is 4.93. The Morgan fingerprint density at radius 2 is 2.08 bits per heavy atom. The van der Waals surface area contributed by atoms with Crippen molar-refractivity contribution < 1.29 is 5.11 Å². The molecule has 1 rings (SSSR count). The van der Waals surface area contributed by atoms with Crippen LogP contribution >= 0.6 is 0 Å². The second-order valence-electron chi connectivity index (χ2n) is 4.93. The number of hydrogen-bond donors (Lipinski definition) is 1. The highest BCUT2D eigenvalue weighted by Crippen LogP contribution is 2.40. The van der Waals surface area contributed by atoms with Crippen LogP contribution < -0.4 is 0 Å². The lowest BCUT2D eigenvalue weighted by Gasteiger charge is -2.38. The Bertz CT molecular complexity index is 181. The van der Waals surface area contributed by atoms with E-state index in [-0.39, 0.29) is 6.10 Å². The summed E-state index contributed by atoms with van der Waals surface area (Å²) in [5, 5.41) is 9.81. The molecule has 0 amide bonds. The molecule has 0 heterocycles. The van der Waals surface area contributed by atoms with Gasteiger partial charge in [0.25, 0.3) is 0 Å². The van der Waals surface area contributed by atoms with E-state index in [0.29, 0.717) is 11.3 Å². The molecular weight excluding hydrogens is 148 g/mol. The Hall–Kier alpha value is -0.300. The first-order chi connectivity index (χ1) is 5.42. The van der Waals surface area contributed by atoms with E-state index in [1.807, 2.05) is 6.92 Å². The van der Waals surface area contributed by atoms with Crippen molar-refractivity contribution >= 4 is 0 Å². The van der Waals surface area contributed by atoms with Crippen LogP contribution in [0.5, 0.6) is 0 Å². The molecule has 0 aromatic heterocycles. The fourth-order valence-electron chi connectivity index (χ4n) is 2.12. The molecule has 0 bridgehead atoms. The molecule has 1 aliphatic carbocycles. The number of hydrogen-bond acceptors (Lipinski definition) is 1. The Kier molecular flexibility index (Phi) is 2.62. The van der Waals surface area contributed by atoms with Gasteiger partial charge in [-0.05, 0) is 31.6 Å². The highest BCUT2D eigenvalue weighted by molar-refractivity contribution is 5.03. The first-order valence-electron chi connectivity index (χ1n) is 4.76. The van der Waals surface area contributed by atoms with Crippen LogP contribution in [0.15, 0.2) is 12.2 Å². The lowest BCUT2D eigenvalue weighted by Crippen LogP contribution is -2.34. The molecule has 2 unspecified atom stereocenters.